The SMILES string of the molecule is O=C(O)CC/C=C\C[C@@H]1COC(c2ccccn2)O[C@@H]1c1ccccc1O. The molecule has 1 aliphatic rings. The van der Waals surface area contributed by atoms with E-state index in [1.54, 1.807) is 18.3 Å². The molecular weight excluding hydrogens is 346 g/mol. The standard InChI is InChI=1S/C21H23NO5/c23-18-11-5-4-9-16(18)20-15(8-2-1-3-12-19(24)25)14-26-21(27-20)17-10-6-7-13-22-17/h1-2,4-7,9-11,13,15,20-21,23H,3,8,12,14H2,(H,24,25)/b2-1-/t15-,20+,21?/m1/s1. The monoisotopic (exact) mass is 369 g/mol. The Hall–Kier alpha value is -2.70. The van der Waals surface area contributed by atoms with Gasteiger partial charge in [0, 0.05) is 24.1 Å². The molecule has 0 radical (unpaired) electrons. The van der Waals surface area contributed by atoms with Crippen LogP contribution in [0, 0.1) is 5.92 Å². The van der Waals surface area contributed by atoms with Crippen molar-refractivity contribution in [3.8, 4) is 5.75 Å². The van der Waals surface area contributed by atoms with E-state index < -0.39 is 12.3 Å². The summed E-state index contributed by atoms with van der Waals surface area (Å²) in [7, 11) is 0. The van der Waals surface area contributed by atoms with Crippen molar-refractivity contribution in [1.82, 2.24) is 4.98 Å². The van der Waals surface area contributed by atoms with E-state index in [0.29, 0.717) is 30.7 Å². The Morgan fingerprint density at radius 3 is 2.74 bits per heavy atom. The number of ether oxygens (including phenoxy) is 2. The molecule has 1 saturated heterocycles. The summed E-state index contributed by atoms with van der Waals surface area (Å²) in [4.78, 5) is 14.9. The molecule has 1 fully saturated rings. The third kappa shape index (κ3) is 5.15. The summed E-state index contributed by atoms with van der Waals surface area (Å²) in [5.74, 6) is -0.627. The number of phenols is 1. The van der Waals surface area contributed by atoms with Crippen LogP contribution >= 0.6 is 0 Å². The number of carbonyl (C=O) groups is 1. The minimum atomic E-state index is -0.811. The maximum Gasteiger partial charge on any atom is 0.303 e. The van der Waals surface area contributed by atoms with Crippen molar-refractivity contribution in [2.24, 2.45) is 5.92 Å². The van der Waals surface area contributed by atoms with E-state index in [1.807, 2.05) is 42.5 Å². The number of hydrogen-bond donors (Lipinski definition) is 2. The zero-order chi connectivity index (χ0) is 19.1. The topological polar surface area (TPSA) is 88.9 Å². The lowest BCUT2D eigenvalue weighted by Gasteiger charge is -2.36. The third-order valence-corrected chi connectivity index (χ3v) is 4.46. The number of aliphatic carboxylic acids is 1. The second-order valence-corrected chi connectivity index (χ2v) is 6.43. The molecule has 27 heavy (non-hydrogen) atoms. The second-order valence-electron chi connectivity index (χ2n) is 6.43. The van der Waals surface area contributed by atoms with E-state index in [1.165, 1.54) is 0 Å². The molecule has 142 valence electrons. The molecule has 0 aliphatic carbocycles. The number of benzene rings is 1. The highest BCUT2D eigenvalue weighted by atomic mass is 16.7. The first kappa shape index (κ1) is 19.1. The molecule has 3 atom stereocenters. The van der Waals surface area contributed by atoms with Crippen LogP contribution < -0.4 is 0 Å². The first-order valence-corrected chi connectivity index (χ1v) is 8.98. The van der Waals surface area contributed by atoms with Crippen LogP contribution in [-0.4, -0.2) is 27.8 Å². The number of para-hydroxylation sites is 1. The van der Waals surface area contributed by atoms with Gasteiger partial charge in [-0.05, 0) is 31.0 Å². The number of pyridine rings is 1. The van der Waals surface area contributed by atoms with E-state index in [-0.39, 0.29) is 24.2 Å². The fourth-order valence-electron chi connectivity index (χ4n) is 3.10. The first-order chi connectivity index (χ1) is 13.1. The third-order valence-electron chi connectivity index (χ3n) is 4.46. The molecule has 0 bridgehead atoms. The minimum absolute atomic E-state index is 0.000611. The molecule has 1 unspecified atom stereocenters. The lowest BCUT2D eigenvalue weighted by molar-refractivity contribution is -0.245. The number of carboxylic acid groups (broad SMARTS) is 1. The summed E-state index contributed by atoms with van der Waals surface area (Å²) in [6.07, 6.45) is 5.82. The molecule has 6 nitrogen and oxygen atoms in total. The highest BCUT2D eigenvalue weighted by molar-refractivity contribution is 5.66. The van der Waals surface area contributed by atoms with Crippen LogP contribution in [0.3, 0.4) is 0 Å². The number of carboxylic acids is 1. The maximum atomic E-state index is 10.6. The van der Waals surface area contributed by atoms with Gasteiger partial charge >= 0.3 is 5.97 Å². The van der Waals surface area contributed by atoms with E-state index in [2.05, 4.69) is 4.98 Å². The Labute approximate surface area is 158 Å². The lowest BCUT2D eigenvalue weighted by Crippen LogP contribution is -2.30. The molecule has 6 heteroatoms. The molecule has 0 amide bonds. The van der Waals surface area contributed by atoms with Crippen molar-refractivity contribution < 1.29 is 24.5 Å². The minimum Gasteiger partial charge on any atom is -0.508 e. The van der Waals surface area contributed by atoms with Crippen LogP contribution in [0.2, 0.25) is 0 Å². The highest BCUT2D eigenvalue weighted by Crippen LogP contribution is 2.42. The average Bonchev–Trinajstić information content (AvgIpc) is 2.69. The molecule has 1 aromatic heterocycles. The number of aromatic hydroxyl groups is 1. The summed E-state index contributed by atoms with van der Waals surface area (Å²) in [6.45, 7) is 0.448. The Balaban J connectivity index is 1.74. The van der Waals surface area contributed by atoms with E-state index in [0.717, 1.165) is 0 Å². The second kappa shape index (κ2) is 9.30. The predicted molar refractivity (Wildman–Crippen MR) is 99.0 cm³/mol. The fraction of sp³-hybridized carbons (Fsp3) is 0.333. The van der Waals surface area contributed by atoms with Gasteiger partial charge in [-0.25, -0.2) is 0 Å². The van der Waals surface area contributed by atoms with Gasteiger partial charge in [0.25, 0.3) is 0 Å². The van der Waals surface area contributed by atoms with Crippen LogP contribution in [0.25, 0.3) is 0 Å². The number of allylic oxidation sites excluding steroid dienone is 2. The smallest absolute Gasteiger partial charge is 0.303 e. The van der Waals surface area contributed by atoms with Crippen molar-refractivity contribution >= 4 is 5.97 Å². The lowest BCUT2D eigenvalue weighted by atomic mass is 9.91. The van der Waals surface area contributed by atoms with Gasteiger partial charge in [-0.15, -0.1) is 0 Å². The summed E-state index contributed by atoms with van der Waals surface area (Å²) in [6, 6.07) is 12.7. The van der Waals surface area contributed by atoms with Gasteiger partial charge in [-0.1, -0.05) is 36.4 Å². The number of rotatable bonds is 7. The van der Waals surface area contributed by atoms with Gasteiger partial charge in [0.15, 0.2) is 0 Å². The van der Waals surface area contributed by atoms with Gasteiger partial charge in [-0.3, -0.25) is 9.78 Å². The molecule has 1 aliphatic heterocycles. The van der Waals surface area contributed by atoms with Crippen molar-refractivity contribution in [3.63, 3.8) is 0 Å². The van der Waals surface area contributed by atoms with E-state index >= 15 is 0 Å². The Morgan fingerprint density at radius 2 is 2.00 bits per heavy atom. The molecule has 2 N–H and O–H groups in total. The largest absolute Gasteiger partial charge is 0.508 e. The van der Waals surface area contributed by atoms with Crippen molar-refractivity contribution in [2.45, 2.75) is 31.7 Å². The zero-order valence-corrected chi connectivity index (χ0v) is 14.9. The molecule has 3 rings (SSSR count). The fourth-order valence-corrected chi connectivity index (χ4v) is 3.10. The van der Waals surface area contributed by atoms with E-state index in [9.17, 15) is 9.90 Å². The molecule has 0 saturated carbocycles. The van der Waals surface area contributed by atoms with Gasteiger partial charge in [0.2, 0.25) is 6.29 Å². The summed E-state index contributed by atoms with van der Waals surface area (Å²) < 4.78 is 12.0. The average molecular weight is 369 g/mol. The van der Waals surface area contributed by atoms with Crippen LogP contribution in [-0.2, 0) is 14.3 Å². The van der Waals surface area contributed by atoms with Crippen LogP contribution in [0.15, 0.2) is 60.8 Å². The summed E-state index contributed by atoms with van der Waals surface area (Å²) >= 11 is 0. The van der Waals surface area contributed by atoms with Crippen LogP contribution in [0.4, 0.5) is 0 Å². The molecule has 1 aromatic carbocycles. The summed E-state index contributed by atoms with van der Waals surface area (Å²) in [5, 5.41) is 19.0. The predicted octanol–water partition coefficient (Wildman–Crippen LogP) is 4.00. The maximum absolute atomic E-state index is 10.6. The summed E-state index contributed by atoms with van der Waals surface area (Å²) in [5.41, 5.74) is 1.40. The van der Waals surface area contributed by atoms with Gasteiger partial charge in [-0.2, -0.15) is 0 Å². The molecular formula is C21H23NO5. The first-order valence-electron chi connectivity index (χ1n) is 8.98. The van der Waals surface area contributed by atoms with E-state index in [4.69, 9.17) is 14.6 Å². The van der Waals surface area contributed by atoms with Gasteiger partial charge in [0.1, 0.15) is 5.75 Å². The number of phenolic OH excluding ortho intramolecular Hbond substituents is 1. The van der Waals surface area contributed by atoms with Crippen LogP contribution in [0.5, 0.6) is 5.75 Å². The molecule has 2 aromatic rings. The number of aromatic nitrogens is 1. The van der Waals surface area contributed by atoms with Crippen LogP contribution in [0.1, 0.15) is 42.9 Å². The molecule has 2 heterocycles. The van der Waals surface area contributed by atoms with Gasteiger partial charge < -0.3 is 19.7 Å². The highest BCUT2D eigenvalue weighted by Gasteiger charge is 2.35. The Kier molecular flexibility index (Phi) is 6.57. The molecule has 0 spiro atoms. The number of nitrogens with zero attached hydrogens (tertiary/aromatic N) is 1. The van der Waals surface area contributed by atoms with Crippen molar-refractivity contribution in [1.29, 1.82) is 0 Å². The zero-order valence-electron chi connectivity index (χ0n) is 14.9. The van der Waals surface area contributed by atoms with Crippen molar-refractivity contribution in [2.75, 3.05) is 6.61 Å². The quantitative estimate of drug-likeness (QED) is 0.717. The Bertz CT molecular complexity index is 777. The number of hydrogen-bond acceptors (Lipinski definition) is 5. The van der Waals surface area contributed by atoms with Crippen molar-refractivity contribution in [3.05, 3.63) is 72.1 Å². The normalized spacial score (nSPS) is 22.7. The Morgan fingerprint density at radius 1 is 1.19 bits per heavy atom. The van der Waals surface area contributed by atoms with Gasteiger partial charge in [0.05, 0.1) is 18.4 Å².